The quantitative estimate of drug-likeness (QED) is 0.761. The lowest BCUT2D eigenvalue weighted by Gasteiger charge is -2.30. The Bertz CT molecular complexity index is 784. The van der Waals surface area contributed by atoms with Gasteiger partial charge in [-0.1, -0.05) is 0 Å². The molecule has 3 saturated heterocycles. The standard InChI is InChI=1S/C20H26N2O4.CH2O2/c1-21(2)10-14-15-11-22(12-20(15)6-5-16(14)26-20)19(23)13-3-4-17-18(9-13)25-8-7-24-17;2-1-3/h3-4,9,14-16H,5-8,10-12H2,1-2H3;1H,(H,2,3)/t14-,15+,16+,20+;/m0./s1. The SMILES string of the molecule is CN(C)C[C@H]1[C@H]2CN(C(=O)c3ccc4c(c3)OCCO4)C[C@]23CC[C@H]1O3.O=CO. The number of carboxylic acid groups (broad SMARTS) is 1. The van der Waals surface area contributed by atoms with Crippen LogP contribution >= 0.6 is 0 Å². The fourth-order valence-corrected chi connectivity index (χ4v) is 5.37. The number of nitrogens with zero attached hydrogens (tertiary/aromatic N) is 2. The number of carbonyl (C=O) groups excluding carboxylic acids is 1. The molecule has 1 aromatic carbocycles. The molecule has 3 fully saturated rings. The highest BCUT2D eigenvalue weighted by atomic mass is 16.6. The van der Waals surface area contributed by atoms with E-state index < -0.39 is 0 Å². The van der Waals surface area contributed by atoms with E-state index in [4.69, 9.17) is 24.1 Å². The molecule has 5 rings (SSSR count). The van der Waals surface area contributed by atoms with Crippen LogP contribution < -0.4 is 9.47 Å². The highest BCUT2D eigenvalue weighted by molar-refractivity contribution is 5.95. The van der Waals surface area contributed by atoms with Crippen LogP contribution in [0.2, 0.25) is 0 Å². The minimum Gasteiger partial charge on any atom is -0.486 e. The second-order valence-electron chi connectivity index (χ2n) is 8.44. The molecule has 1 aromatic rings. The van der Waals surface area contributed by atoms with E-state index in [2.05, 4.69) is 19.0 Å². The lowest BCUT2D eigenvalue weighted by molar-refractivity contribution is -0.122. The molecular weight excluding hydrogens is 376 g/mol. The van der Waals surface area contributed by atoms with Gasteiger partial charge in [0.1, 0.15) is 13.2 Å². The van der Waals surface area contributed by atoms with Gasteiger partial charge in [0.05, 0.1) is 18.2 Å². The van der Waals surface area contributed by atoms with Crippen LogP contribution in [0.5, 0.6) is 11.5 Å². The topological polar surface area (TPSA) is 88.5 Å². The molecule has 0 saturated carbocycles. The van der Waals surface area contributed by atoms with E-state index in [0.29, 0.717) is 49.0 Å². The van der Waals surface area contributed by atoms with Gasteiger partial charge in [-0.25, -0.2) is 0 Å². The van der Waals surface area contributed by atoms with Crippen molar-refractivity contribution in [2.24, 2.45) is 11.8 Å². The highest BCUT2D eigenvalue weighted by Gasteiger charge is 2.63. The molecule has 0 unspecified atom stereocenters. The minimum atomic E-state index is -0.250. The van der Waals surface area contributed by atoms with E-state index in [9.17, 15) is 4.79 Å². The van der Waals surface area contributed by atoms with Crippen molar-refractivity contribution in [3.63, 3.8) is 0 Å². The Kier molecular flexibility index (Phi) is 5.40. The summed E-state index contributed by atoms with van der Waals surface area (Å²) in [6.07, 6.45) is 2.58. The molecule has 158 valence electrons. The van der Waals surface area contributed by atoms with Crippen LogP contribution in [0.3, 0.4) is 0 Å². The van der Waals surface area contributed by atoms with Crippen molar-refractivity contribution < 1.29 is 28.9 Å². The zero-order chi connectivity index (χ0) is 20.6. The summed E-state index contributed by atoms with van der Waals surface area (Å²) in [5.74, 6) is 2.43. The third-order valence-corrected chi connectivity index (χ3v) is 6.44. The number of hydrogen-bond donors (Lipinski definition) is 1. The van der Waals surface area contributed by atoms with Gasteiger partial charge >= 0.3 is 0 Å². The molecule has 0 aliphatic carbocycles. The number of rotatable bonds is 3. The summed E-state index contributed by atoms with van der Waals surface area (Å²) in [4.78, 5) is 25.7. The number of likely N-dealkylation sites (tertiary alicyclic amines) is 1. The number of benzene rings is 1. The van der Waals surface area contributed by atoms with Gasteiger partial charge in [-0.05, 0) is 45.1 Å². The predicted molar refractivity (Wildman–Crippen MR) is 104 cm³/mol. The van der Waals surface area contributed by atoms with Crippen LogP contribution in [-0.2, 0) is 9.53 Å². The molecule has 1 N–H and O–H groups in total. The summed E-state index contributed by atoms with van der Waals surface area (Å²) in [5, 5.41) is 6.89. The first kappa shape index (κ1) is 20.0. The first-order chi connectivity index (χ1) is 14.0. The van der Waals surface area contributed by atoms with Gasteiger partial charge in [0, 0.05) is 30.5 Å². The van der Waals surface area contributed by atoms with E-state index in [0.717, 1.165) is 31.7 Å². The normalized spacial score (nSPS) is 31.3. The lowest BCUT2D eigenvalue weighted by Crippen LogP contribution is -2.40. The molecular formula is C21H28N2O6. The molecule has 0 radical (unpaired) electrons. The third-order valence-electron chi connectivity index (χ3n) is 6.44. The summed E-state index contributed by atoms with van der Waals surface area (Å²) in [7, 11) is 4.23. The van der Waals surface area contributed by atoms with Crippen molar-refractivity contribution in [1.82, 2.24) is 9.80 Å². The van der Waals surface area contributed by atoms with Crippen molar-refractivity contribution in [2.75, 3.05) is 46.9 Å². The Hall–Kier alpha value is -2.32. The number of fused-ring (bicyclic) bond motifs is 2. The molecule has 29 heavy (non-hydrogen) atoms. The van der Waals surface area contributed by atoms with Crippen LogP contribution in [0, 0.1) is 11.8 Å². The molecule has 2 bridgehead atoms. The minimum absolute atomic E-state index is 0.0707. The van der Waals surface area contributed by atoms with Crippen molar-refractivity contribution in [1.29, 1.82) is 0 Å². The van der Waals surface area contributed by atoms with Gasteiger partial charge in [-0.15, -0.1) is 0 Å². The number of carbonyl (C=O) groups is 2. The van der Waals surface area contributed by atoms with Gasteiger partial charge in [0.25, 0.3) is 12.4 Å². The summed E-state index contributed by atoms with van der Waals surface area (Å²) >= 11 is 0. The highest BCUT2D eigenvalue weighted by Crippen LogP contribution is 2.55. The van der Waals surface area contributed by atoms with Crippen molar-refractivity contribution >= 4 is 12.4 Å². The van der Waals surface area contributed by atoms with Crippen LogP contribution in [0.4, 0.5) is 0 Å². The molecule has 8 nitrogen and oxygen atoms in total. The predicted octanol–water partition coefficient (Wildman–Crippen LogP) is 1.34. The summed E-state index contributed by atoms with van der Waals surface area (Å²) in [6, 6.07) is 5.50. The maximum Gasteiger partial charge on any atom is 0.290 e. The van der Waals surface area contributed by atoms with E-state index in [1.54, 1.807) is 0 Å². The van der Waals surface area contributed by atoms with E-state index in [1.807, 2.05) is 23.1 Å². The molecule has 8 heteroatoms. The van der Waals surface area contributed by atoms with Crippen LogP contribution in [-0.4, -0.2) is 85.9 Å². The average Bonchev–Trinajstić information content (AvgIpc) is 3.37. The molecule has 0 aromatic heterocycles. The largest absolute Gasteiger partial charge is 0.486 e. The zero-order valence-electron chi connectivity index (χ0n) is 16.9. The van der Waals surface area contributed by atoms with Gasteiger partial charge in [-0.3, -0.25) is 9.59 Å². The van der Waals surface area contributed by atoms with Gasteiger partial charge < -0.3 is 29.1 Å². The summed E-state index contributed by atoms with van der Waals surface area (Å²) in [6.45, 7) is 3.38. The van der Waals surface area contributed by atoms with Gasteiger partial charge in [0.15, 0.2) is 11.5 Å². The van der Waals surface area contributed by atoms with Crippen molar-refractivity contribution in [3.8, 4) is 11.5 Å². The van der Waals surface area contributed by atoms with Gasteiger partial charge in [-0.2, -0.15) is 0 Å². The maximum absolute atomic E-state index is 13.1. The lowest BCUT2D eigenvalue weighted by atomic mass is 9.73. The zero-order valence-corrected chi connectivity index (χ0v) is 16.9. The second kappa shape index (κ2) is 7.84. The van der Waals surface area contributed by atoms with Crippen LogP contribution in [0.15, 0.2) is 18.2 Å². The smallest absolute Gasteiger partial charge is 0.290 e. The number of ether oxygens (including phenoxy) is 3. The number of hydrogen-bond acceptors (Lipinski definition) is 6. The molecule has 4 heterocycles. The van der Waals surface area contributed by atoms with Crippen molar-refractivity contribution in [3.05, 3.63) is 23.8 Å². The van der Waals surface area contributed by atoms with Crippen molar-refractivity contribution in [2.45, 2.75) is 24.5 Å². The van der Waals surface area contributed by atoms with E-state index >= 15 is 0 Å². The number of amides is 1. The first-order valence-electron chi connectivity index (χ1n) is 10.1. The Labute approximate surface area is 170 Å². The molecule has 4 atom stereocenters. The first-order valence-corrected chi connectivity index (χ1v) is 10.1. The second-order valence-corrected chi connectivity index (χ2v) is 8.44. The summed E-state index contributed by atoms with van der Waals surface area (Å²) in [5.41, 5.74) is 0.554. The van der Waals surface area contributed by atoms with Crippen LogP contribution in [0.1, 0.15) is 23.2 Å². The average molecular weight is 404 g/mol. The van der Waals surface area contributed by atoms with Gasteiger partial charge in [0.2, 0.25) is 0 Å². The fourth-order valence-electron chi connectivity index (χ4n) is 5.37. The van der Waals surface area contributed by atoms with E-state index in [1.165, 1.54) is 0 Å². The maximum atomic E-state index is 13.1. The Morgan fingerprint density at radius 2 is 2.03 bits per heavy atom. The Balaban J connectivity index is 0.000000645. The molecule has 4 aliphatic heterocycles. The Morgan fingerprint density at radius 1 is 1.31 bits per heavy atom. The Morgan fingerprint density at radius 3 is 2.76 bits per heavy atom. The van der Waals surface area contributed by atoms with Crippen LogP contribution in [0.25, 0.3) is 0 Å². The third kappa shape index (κ3) is 3.55. The van der Waals surface area contributed by atoms with E-state index in [-0.39, 0.29) is 18.0 Å². The monoisotopic (exact) mass is 404 g/mol. The molecule has 1 amide bonds. The summed E-state index contributed by atoms with van der Waals surface area (Å²) < 4.78 is 17.6. The molecule has 1 spiro atoms. The fraction of sp³-hybridized carbons (Fsp3) is 0.619. The molecule has 4 aliphatic rings.